The molecule has 0 radical (unpaired) electrons. The fraction of sp³-hybridized carbons (Fsp3) is 0.689. The van der Waals surface area contributed by atoms with Gasteiger partial charge in [-0.05, 0) is 56.7 Å². The van der Waals surface area contributed by atoms with Gasteiger partial charge in [0.2, 0.25) is 23.6 Å². The Balaban J connectivity index is 1.81. The minimum Gasteiger partial charge on any atom is -0.379 e. The zero-order chi connectivity index (χ0) is 42.6. The minimum absolute atomic E-state index is 0.0140. The van der Waals surface area contributed by atoms with Gasteiger partial charge in [-0.15, -0.1) is 0 Å². The van der Waals surface area contributed by atoms with Crippen molar-refractivity contribution in [3.63, 3.8) is 0 Å². The van der Waals surface area contributed by atoms with Gasteiger partial charge in [-0.1, -0.05) is 110 Å². The lowest BCUT2D eigenvalue weighted by Gasteiger charge is -2.41. The number of methoxy groups -OCH3 is 2. The maximum atomic E-state index is 14.4. The summed E-state index contributed by atoms with van der Waals surface area (Å²) in [5.41, 5.74) is 7.78. The number of nitrogens with two attached hydrogens (primary N) is 1. The van der Waals surface area contributed by atoms with Crippen LogP contribution >= 0.6 is 0 Å². The lowest BCUT2D eigenvalue weighted by molar-refractivity contribution is -0.148. The molecule has 1 heterocycles. The summed E-state index contributed by atoms with van der Waals surface area (Å²) < 4.78 is 12.1. The van der Waals surface area contributed by atoms with E-state index in [1.807, 2.05) is 101 Å². The number of hydrogen-bond donors (Lipinski definition) is 3. The quantitative estimate of drug-likeness (QED) is 0.159. The number of carbonyl (C=O) groups excluding carboxylic acids is 4. The van der Waals surface area contributed by atoms with Crippen LogP contribution in [0.3, 0.4) is 0 Å². The van der Waals surface area contributed by atoms with Gasteiger partial charge in [-0.3, -0.25) is 24.1 Å². The topological polar surface area (TPSA) is 147 Å². The first-order valence-electron chi connectivity index (χ1n) is 21.0. The van der Waals surface area contributed by atoms with Crippen LogP contribution in [0.25, 0.3) is 0 Å². The van der Waals surface area contributed by atoms with Crippen molar-refractivity contribution in [3.05, 3.63) is 60.2 Å². The van der Waals surface area contributed by atoms with Gasteiger partial charge in [0.1, 0.15) is 6.04 Å². The maximum absolute atomic E-state index is 14.4. The van der Waals surface area contributed by atoms with Crippen molar-refractivity contribution in [3.8, 4) is 0 Å². The molecule has 1 saturated heterocycles. The Morgan fingerprint density at radius 1 is 0.912 bits per heavy atom. The number of ether oxygens (including phenoxy) is 2. The highest BCUT2D eigenvalue weighted by Gasteiger charge is 2.44. The van der Waals surface area contributed by atoms with E-state index in [9.17, 15) is 19.2 Å². The molecule has 320 valence electrons. The van der Waals surface area contributed by atoms with Crippen LogP contribution < -0.4 is 16.4 Å². The predicted molar refractivity (Wildman–Crippen MR) is 227 cm³/mol. The van der Waals surface area contributed by atoms with Crippen LogP contribution in [0.5, 0.6) is 0 Å². The third-order valence-corrected chi connectivity index (χ3v) is 12.3. The SMILES string of the molecule is CC[C@H](C)[C@@H]([C@@H](CC(=O)N1CCC[C@H]1[C@H](OC)[C@@H](C)C(=O)N[C@@H](C1C=CC=CC1)[C@@H](N)c1ccccc1)OC)N(C)C(=O)[C@@H](NC(=O)[C@H](C(C)C)N(C)C)C(C)C. The number of allylic oxidation sites excluding steroid dienone is 3. The first-order chi connectivity index (χ1) is 27.0. The molecule has 0 bridgehead atoms. The van der Waals surface area contributed by atoms with Crippen molar-refractivity contribution in [2.75, 3.05) is 41.9 Å². The monoisotopic (exact) mass is 795 g/mol. The van der Waals surface area contributed by atoms with Gasteiger partial charge in [0, 0.05) is 33.7 Å². The molecule has 4 N–H and O–H groups in total. The van der Waals surface area contributed by atoms with Crippen LogP contribution in [-0.4, -0.2) is 123 Å². The molecule has 1 aromatic carbocycles. The molecule has 1 aromatic rings. The van der Waals surface area contributed by atoms with Crippen LogP contribution in [0.1, 0.15) is 92.2 Å². The molecule has 1 aliphatic carbocycles. The summed E-state index contributed by atoms with van der Waals surface area (Å²) in [5.74, 6) is -1.40. The van der Waals surface area contributed by atoms with Gasteiger partial charge in [0.15, 0.2) is 0 Å². The summed E-state index contributed by atoms with van der Waals surface area (Å²) in [6, 6.07) is 7.12. The van der Waals surface area contributed by atoms with Gasteiger partial charge < -0.3 is 35.6 Å². The fourth-order valence-electron chi connectivity index (χ4n) is 8.92. The fourth-order valence-corrected chi connectivity index (χ4v) is 8.92. The largest absolute Gasteiger partial charge is 0.379 e. The van der Waals surface area contributed by atoms with E-state index in [2.05, 4.69) is 36.6 Å². The number of benzene rings is 1. The first kappa shape index (κ1) is 47.8. The molecular formula is C45H74N6O6. The van der Waals surface area contributed by atoms with E-state index >= 15 is 0 Å². The summed E-state index contributed by atoms with van der Waals surface area (Å²) in [6.45, 7) is 14.3. The third-order valence-electron chi connectivity index (χ3n) is 12.3. The molecule has 0 saturated carbocycles. The third kappa shape index (κ3) is 12.2. The molecule has 0 aromatic heterocycles. The zero-order valence-electron chi connectivity index (χ0n) is 36.8. The van der Waals surface area contributed by atoms with Crippen LogP contribution in [0.2, 0.25) is 0 Å². The molecule has 1 fully saturated rings. The van der Waals surface area contributed by atoms with E-state index < -0.39 is 42.3 Å². The molecule has 12 heteroatoms. The van der Waals surface area contributed by atoms with Crippen molar-refractivity contribution in [2.45, 2.75) is 129 Å². The summed E-state index contributed by atoms with van der Waals surface area (Å²) >= 11 is 0. The van der Waals surface area contributed by atoms with Crippen LogP contribution in [0.15, 0.2) is 54.6 Å². The number of hydrogen-bond acceptors (Lipinski definition) is 8. The average molecular weight is 795 g/mol. The Morgan fingerprint density at radius 3 is 2.11 bits per heavy atom. The van der Waals surface area contributed by atoms with Crippen LogP contribution in [-0.2, 0) is 28.7 Å². The van der Waals surface area contributed by atoms with Gasteiger partial charge in [-0.25, -0.2) is 0 Å². The molecular weight excluding hydrogens is 721 g/mol. The van der Waals surface area contributed by atoms with Gasteiger partial charge in [-0.2, -0.15) is 0 Å². The Bertz CT molecular complexity index is 1490. The second kappa shape index (κ2) is 22.5. The van der Waals surface area contributed by atoms with Crippen LogP contribution in [0, 0.1) is 29.6 Å². The Kier molecular flexibility index (Phi) is 18.9. The molecule has 0 spiro atoms. The number of likely N-dealkylation sites (N-methyl/N-ethyl adjacent to an activating group) is 2. The van der Waals surface area contributed by atoms with Crippen molar-refractivity contribution in [2.24, 2.45) is 35.3 Å². The van der Waals surface area contributed by atoms with Crippen molar-refractivity contribution in [1.29, 1.82) is 0 Å². The second-order valence-corrected chi connectivity index (χ2v) is 17.2. The van der Waals surface area contributed by atoms with Gasteiger partial charge >= 0.3 is 0 Å². The number of carbonyl (C=O) groups is 4. The summed E-state index contributed by atoms with van der Waals surface area (Å²) in [6.07, 6.45) is 10.0. The average Bonchev–Trinajstić information content (AvgIpc) is 3.68. The van der Waals surface area contributed by atoms with Gasteiger partial charge in [0.25, 0.3) is 0 Å². The van der Waals surface area contributed by atoms with E-state index in [0.29, 0.717) is 13.0 Å². The molecule has 57 heavy (non-hydrogen) atoms. The van der Waals surface area contributed by atoms with Crippen molar-refractivity contribution in [1.82, 2.24) is 25.3 Å². The molecule has 4 amide bonds. The Hall–Kier alpha value is -3.58. The summed E-state index contributed by atoms with van der Waals surface area (Å²) in [5, 5.41) is 6.35. The predicted octanol–water partition coefficient (Wildman–Crippen LogP) is 4.95. The van der Waals surface area contributed by atoms with E-state index in [1.54, 1.807) is 26.2 Å². The minimum atomic E-state index is -0.756. The smallest absolute Gasteiger partial charge is 0.245 e. The van der Waals surface area contributed by atoms with E-state index in [1.165, 1.54) is 0 Å². The number of rotatable bonds is 21. The molecule has 1 aliphatic heterocycles. The number of amides is 4. The van der Waals surface area contributed by atoms with E-state index in [0.717, 1.165) is 24.8 Å². The summed E-state index contributed by atoms with van der Waals surface area (Å²) in [4.78, 5) is 61.7. The summed E-state index contributed by atoms with van der Waals surface area (Å²) in [7, 11) is 8.66. The highest BCUT2D eigenvalue weighted by molar-refractivity contribution is 5.90. The number of nitrogens with one attached hydrogen (secondary N) is 2. The first-order valence-corrected chi connectivity index (χ1v) is 21.0. The molecule has 3 rings (SSSR count). The van der Waals surface area contributed by atoms with E-state index in [4.69, 9.17) is 15.2 Å². The highest BCUT2D eigenvalue weighted by atomic mass is 16.5. The molecule has 11 atom stereocenters. The lowest BCUT2D eigenvalue weighted by Crippen LogP contribution is -2.59. The van der Waals surface area contributed by atoms with Crippen LogP contribution in [0.4, 0.5) is 0 Å². The number of likely N-dealkylation sites (tertiary alicyclic amines) is 1. The van der Waals surface area contributed by atoms with Crippen molar-refractivity contribution < 1.29 is 28.7 Å². The van der Waals surface area contributed by atoms with Gasteiger partial charge in [0.05, 0.1) is 54.8 Å². The molecule has 12 nitrogen and oxygen atoms in total. The second-order valence-electron chi connectivity index (χ2n) is 17.2. The molecule has 2 aliphatic rings. The number of nitrogens with zero attached hydrogens (tertiary/aromatic N) is 3. The Labute approximate surface area is 343 Å². The van der Waals surface area contributed by atoms with E-state index in [-0.39, 0.29) is 65.8 Å². The standard InChI is InChI=1S/C45H74N6O6/c1-13-30(6)41(50(10)45(55)38(28(2)3)47-44(54)40(29(4)5)49(8)9)35(56-11)27-36(52)51-26-20-25-34(51)42(57-12)31(7)43(53)48-39(33-23-18-15-19-24-33)37(46)32-21-16-14-17-22-32/h14-19,21-23,28-31,33-35,37-42H,13,20,24-27,46H2,1-12H3,(H,47,54)(H,48,53)/t30-,31+,33?,34-,35+,37-,38-,39-,40-,41-,42+/m0/s1. The zero-order valence-corrected chi connectivity index (χ0v) is 36.8. The normalized spacial score (nSPS) is 21.7. The molecule has 1 unspecified atom stereocenters. The lowest BCUT2D eigenvalue weighted by atomic mass is 9.84. The Morgan fingerprint density at radius 2 is 1.58 bits per heavy atom. The van der Waals surface area contributed by atoms with Crippen molar-refractivity contribution >= 4 is 23.6 Å². The maximum Gasteiger partial charge on any atom is 0.245 e. The highest BCUT2D eigenvalue weighted by Crippen LogP contribution is 2.31.